The maximum absolute atomic E-state index is 13.7. The lowest BCUT2D eigenvalue weighted by Gasteiger charge is -2.11. The lowest BCUT2D eigenvalue weighted by atomic mass is 10.2. The van der Waals surface area contributed by atoms with Crippen molar-refractivity contribution in [2.45, 2.75) is 5.33 Å². The second-order valence-corrected chi connectivity index (χ2v) is 4.68. The third-order valence-electron chi connectivity index (χ3n) is 2.49. The first-order valence-electron chi connectivity index (χ1n) is 5.36. The van der Waals surface area contributed by atoms with Gasteiger partial charge in [0.15, 0.2) is 11.6 Å². The van der Waals surface area contributed by atoms with Crippen LogP contribution in [0.4, 0.5) is 4.39 Å². The molecule has 0 aliphatic heterocycles. The van der Waals surface area contributed by atoms with Crippen molar-refractivity contribution in [3.63, 3.8) is 0 Å². The highest BCUT2D eigenvalue weighted by atomic mass is 79.9. The first-order valence-corrected chi connectivity index (χ1v) is 6.86. The largest absolute Gasteiger partial charge is 0.454 e. The second kappa shape index (κ2) is 6.05. The molecule has 0 saturated heterocycles. The van der Waals surface area contributed by atoms with Gasteiger partial charge in [0.05, 0.1) is 11.6 Å². The minimum atomic E-state index is -0.584. The molecule has 0 spiro atoms. The van der Waals surface area contributed by atoms with Crippen LogP contribution in [0.2, 0.25) is 5.02 Å². The van der Waals surface area contributed by atoms with Crippen molar-refractivity contribution >= 4 is 27.5 Å². The molecule has 0 atom stereocenters. The van der Waals surface area contributed by atoms with Gasteiger partial charge in [0, 0.05) is 15.9 Å². The summed E-state index contributed by atoms with van der Waals surface area (Å²) in [6, 6.07) is 11.1. The molecule has 19 heavy (non-hydrogen) atoms. The van der Waals surface area contributed by atoms with Crippen molar-refractivity contribution in [2.75, 3.05) is 0 Å². The van der Waals surface area contributed by atoms with E-state index in [1.54, 1.807) is 18.2 Å². The van der Waals surface area contributed by atoms with Crippen molar-refractivity contribution in [1.82, 2.24) is 0 Å². The molecule has 2 rings (SSSR count). The van der Waals surface area contributed by atoms with Crippen LogP contribution >= 0.6 is 27.5 Å². The molecule has 0 aliphatic carbocycles. The molecule has 2 aromatic rings. The number of alkyl halides is 1. The number of nitrogens with zero attached hydrogens (tertiary/aromatic N) is 1. The van der Waals surface area contributed by atoms with E-state index in [1.165, 1.54) is 12.1 Å². The van der Waals surface area contributed by atoms with Gasteiger partial charge >= 0.3 is 0 Å². The van der Waals surface area contributed by atoms with Gasteiger partial charge in [-0.2, -0.15) is 5.26 Å². The van der Waals surface area contributed by atoms with E-state index in [1.807, 2.05) is 6.07 Å². The standard InChI is InChI=1S/C14H8BrClFNO/c15-7-10-11(16)2-1-3-13(10)19-14-5-4-9(8-18)6-12(14)17/h1-6H,7H2. The quantitative estimate of drug-likeness (QED) is 0.733. The molecule has 0 N–H and O–H groups in total. The van der Waals surface area contributed by atoms with Crippen LogP contribution in [0, 0.1) is 17.1 Å². The summed E-state index contributed by atoms with van der Waals surface area (Å²) in [5.74, 6) is -0.0454. The highest BCUT2D eigenvalue weighted by Crippen LogP contribution is 2.33. The van der Waals surface area contributed by atoms with Gasteiger partial charge in [-0.05, 0) is 30.3 Å². The fraction of sp³-hybridized carbons (Fsp3) is 0.0714. The van der Waals surface area contributed by atoms with E-state index in [9.17, 15) is 4.39 Å². The highest BCUT2D eigenvalue weighted by molar-refractivity contribution is 9.08. The Morgan fingerprint density at radius 3 is 2.68 bits per heavy atom. The number of rotatable bonds is 3. The molecule has 0 aromatic heterocycles. The molecule has 2 nitrogen and oxygen atoms in total. The van der Waals surface area contributed by atoms with Crippen molar-refractivity contribution in [1.29, 1.82) is 5.26 Å². The van der Waals surface area contributed by atoms with Crippen molar-refractivity contribution < 1.29 is 9.13 Å². The Labute approximate surface area is 123 Å². The number of nitriles is 1. The number of hydrogen-bond acceptors (Lipinski definition) is 2. The lowest BCUT2D eigenvalue weighted by molar-refractivity contribution is 0.439. The normalized spacial score (nSPS) is 10.0. The van der Waals surface area contributed by atoms with Crippen LogP contribution in [-0.2, 0) is 5.33 Å². The summed E-state index contributed by atoms with van der Waals surface area (Å²) in [6.45, 7) is 0. The zero-order valence-electron chi connectivity index (χ0n) is 9.66. The van der Waals surface area contributed by atoms with Gasteiger partial charge in [0.25, 0.3) is 0 Å². The minimum Gasteiger partial charge on any atom is -0.454 e. The van der Waals surface area contributed by atoms with E-state index in [4.69, 9.17) is 21.6 Å². The molecule has 0 amide bonds. The van der Waals surface area contributed by atoms with E-state index < -0.39 is 5.82 Å². The van der Waals surface area contributed by atoms with E-state index >= 15 is 0 Å². The van der Waals surface area contributed by atoms with Crippen LogP contribution < -0.4 is 4.74 Å². The molecule has 0 unspecified atom stereocenters. The van der Waals surface area contributed by atoms with Crippen molar-refractivity contribution in [3.8, 4) is 17.6 Å². The fourth-order valence-corrected chi connectivity index (χ4v) is 2.51. The summed E-state index contributed by atoms with van der Waals surface area (Å²) in [5.41, 5.74) is 0.990. The monoisotopic (exact) mass is 339 g/mol. The summed E-state index contributed by atoms with van der Waals surface area (Å²) < 4.78 is 19.3. The molecule has 0 saturated carbocycles. The third kappa shape index (κ3) is 3.06. The summed E-state index contributed by atoms with van der Waals surface area (Å²) >= 11 is 9.35. The Bertz CT molecular complexity index is 654. The number of benzene rings is 2. The Balaban J connectivity index is 2.37. The average Bonchev–Trinajstić information content (AvgIpc) is 2.41. The van der Waals surface area contributed by atoms with Crippen LogP contribution in [0.3, 0.4) is 0 Å². The van der Waals surface area contributed by atoms with Gasteiger partial charge in [-0.15, -0.1) is 0 Å². The summed E-state index contributed by atoms with van der Waals surface area (Å²) in [6.07, 6.45) is 0. The van der Waals surface area contributed by atoms with Gasteiger partial charge in [-0.3, -0.25) is 0 Å². The van der Waals surface area contributed by atoms with Crippen LogP contribution in [0.15, 0.2) is 36.4 Å². The molecule has 0 fully saturated rings. The third-order valence-corrected chi connectivity index (χ3v) is 3.41. The Hall–Kier alpha value is -1.57. The zero-order chi connectivity index (χ0) is 13.8. The molecule has 96 valence electrons. The predicted octanol–water partition coefficient (Wildman–Crippen LogP) is 5.04. The second-order valence-electron chi connectivity index (χ2n) is 3.71. The molecule has 0 radical (unpaired) electrons. The van der Waals surface area contributed by atoms with Crippen molar-refractivity contribution in [2.24, 2.45) is 0 Å². The SMILES string of the molecule is N#Cc1ccc(Oc2cccc(Cl)c2CBr)c(F)c1. The van der Waals surface area contributed by atoms with Gasteiger partial charge < -0.3 is 4.74 Å². The molecular weight excluding hydrogens is 333 g/mol. The van der Waals surface area contributed by atoms with Crippen molar-refractivity contribution in [3.05, 3.63) is 58.4 Å². The number of halogens is 3. The van der Waals surface area contributed by atoms with Gasteiger partial charge in [0.1, 0.15) is 5.75 Å². The molecule has 0 bridgehead atoms. The molecule has 0 heterocycles. The Morgan fingerprint density at radius 2 is 2.05 bits per heavy atom. The first-order chi connectivity index (χ1) is 9.15. The summed E-state index contributed by atoms with van der Waals surface area (Å²) in [7, 11) is 0. The average molecular weight is 341 g/mol. The maximum Gasteiger partial charge on any atom is 0.167 e. The summed E-state index contributed by atoms with van der Waals surface area (Å²) in [4.78, 5) is 0. The Morgan fingerprint density at radius 1 is 1.26 bits per heavy atom. The number of hydrogen-bond donors (Lipinski definition) is 0. The van der Waals surface area contributed by atoms with E-state index in [0.717, 1.165) is 11.6 Å². The maximum atomic E-state index is 13.7. The number of ether oxygens (including phenoxy) is 1. The van der Waals surface area contributed by atoms with E-state index in [-0.39, 0.29) is 11.3 Å². The van der Waals surface area contributed by atoms with Gasteiger partial charge in [-0.25, -0.2) is 4.39 Å². The minimum absolute atomic E-state index is 0.0588. The highest BCUT2D eigenvalue weighted by Gasteiger charge is 2.11. The zero-order valence-corrected chi connectivity index (χ0v) is 12.0. The van der Waals surface area contributed by atoms with Gasteiger partial charge in [0.2, 0.25) is 0 Å². The van der Waals surface area contributed by atoms with E-state index in [0.29, 0.717) is 16.1 Å². The topological polar surface area (TPSA) is 33.0 Å². The summed E-state index contributed by atoms with van der Waals surface area (Å²) in [5, 5.41) is 9.72. The van der Waals surface area contributed by atoms with E-state index in [2.05, 4.69) is 15.9 Å². The van der Waals surface area contributed by atoms with Crippen LogP contribution in [-0.4, -0.2) is 0 Å². The van der Waals surface area contributed by atoms with Crippen LogP contribution in [0.25, 0.3) is 0 Å². The molecule has 2 aromatic carbocycles. The van der Waals surface area contributed by atoms with Crippen LogP contribution in [0.1, 0.15) is 11.1 Å². The fourth-order valence-electron chi connectivity index (χ4n) is 1.54. The molecule has 5 heteroatoms. The Kier molecular flexibility index (Phi) is 4.41. The molecule has 0 aliphatic rings. The predicted molar refractivity (Wildman–Crippen MR) is 75.3 cm³/mol. The molecular formula is C14H8BrClFNO. The first kappa shape index (κ1) is 13.9. The van der Waals surface area contributed by atoms with Gasteiger partial charge in [-0.1, -0.05) is 33.6 Å². The van der Waals surface area contributed by atoms with Crippen LogP contribution in [0.5, 0.6) is 11.5 Å². The lowest BCUT2D eigenvalue weighted by Crippen LogP contribution is -1.93. The smallest absolute Gasteiger partial charge is 0.167 e.